The van der Waals surface area contributed by atoms with Crippen molar-refractivity contribution in [3.05, 3.63) is 81.9 Å². The molecule has 0 radical (unpaired) electrons. The molecule has 4 aliphatic rings. The number of fused-ring (bicyclic) bond motifs is 5. The highest BCUT2D eigenvalue weighted by Gasteiger charge is 2.42. The summed E-state index contributed by atoms with van der Waals surface area (Å²) in [6.07, 6.45) is 4.95. The van der Waals surface area contributed by atoms with Crippen molar-refractivity contribution in [3.63, 3.8) is 0 Å². The Labute approximate surface area is 310 Å². The largest absolute Gasteiger partial charge is 0.493 e. The number of carbonyl (C=O) groups excluding carboxylic acids is 2. The lowest BCUT2D eigenvalue weighted by Crippen LogP contribution is -2.47. The van der Waals surface area contributed by atoms with E-state index < -0.39 is 0 Å². The maximum Gasteiger partial charge on any atom is 0.261 e. The van der Waals surface area contributed by atoms with Crippen LogP contribution in [0, 0.1) is 11.8 Å². The zero-order chi connectivity index (χ0) is 35.8. The molecule has 51 heavy (non-hydrogen) atoms. The fourth-order valence-electron chi connectivity index (χ4n) is 8.79. The SMILES string of the molecule is CC[C@H]1CN2CCc3cc(OC)c(OC)cc3C2C[C@@H]1C[C@@H]1c2cc(OC)c(OC)cc2CCN1C(=S)SCCN1C(=O)c2ccccc2C1=O. The smallest absolute Gasteiger partial charge is 0.261 e. The molecule has 0 spiro atoms. The first-order valence-electron chi connectivity index (χ1n) is 17.9. The van der Waals surface area contributed by atoms with Gasteiger partial charge in [0.25, 0.3) is 11.8 Å². The van der Waals surface area contributed by atoms with Crippen LogP contribution < -0.4 is 18.9 Å². The lowest BCUT2D eigenvalue weighted by molar-refractivity contribution is 0.0381. The number of piperidine rings is 1. The highest BCUT2D eigenvalue weighted by molar-refractivity contribution is 8.22. The van der Waals surface area contributed by atoms with Crippen LogP contribution in [0.5, 0.6) is 23.0 Å². The first-order valence-corrected chi connectivity index (χ1v) is 19.3. The van der Waals surface area contributed by atoms with Crippen LogP contribution in [0.25, 0.3) is 0 Å². The van der Waals surface area contributed by atoms with Gasteiger partial charge in [0.2, 0.25) is 0 Å². The number of thiocarbonyl (C=S) groups is 1. The Balaban J connectivity index is 1.15. The standard InChI is InChI=1S/C40H47N3O6S2/c1-6-24-23-41-13-11-25-19-34(46-2)36(48-4)21-30(25)32(41)17-27(24)18-33-31-22-37(49-5)35(47-3)20-26(31)12-14-42(33)40(50)51-16-15-43-38(44)28-9-7-8-10-29(28)39(43)45/h7-10,19-22,24,27,32-33H,6,11-18,23H2,1-5H3/t24-,27+,32?,33+/m0/s1. The molecule has 11 heteroatoms. The van der Waals surface area contributed by atoms with Gasteiger partial charge >= 0.3 is 0 Å². The molecule has 0 N–H and O–H groups in total. The second-order valence-electron chi connectivity index (χ2n) is 13.9. The number of thioether (sulfide) groups is 1. The van der Waals surface area contributed by atoms with Gasteiger partial charge in [-0.05, 0) is 96.2 Å². The maximum atomic E-state index is 13.0. The first kappa shape index (κ1) is 35.6. The van der Waals surface area contributed by atoms with Crippen molar-refractivity contribution in [1.29, 1.82) is 0 Å². The van der Waals surface area contributed by atoms with Crippen molar-refractivity contribution in [2.24, 2.45) is 11.8 Å². The molecule has 1 fully saturated rings. The van der Waals surface area contributed by atoms with Crippen molar-refractivity contribution in [3.8, 4) is 23.0 Å². The number of ether oxygens (including phenoxy) is 4. The van der Waals surface area contributed by atoms with Crippen molar-refractivity contribution in [2.75, 3.05) is 60.4 Å². The van der Waals surface area contributed by atoms with E-state index in [0.717, 1.165) is 79.1 Å². The number of imide groups is 1. The van der Waals surface area contributed by atoms with Gasteiger partial charge in [0.05, 0.1) is 45.6 Å². The van der Waals surface area contributed by atoms with Crippen LogP contribution >= 0.6 is 24.0 Å². The number of amides is 2. The van der Waals surface area contributed by atoms with Crippen LogP contribution in [0.4, 0.5) is 0 Å². The Hall–Kier alpha value is -3.80. The molecule has 0 aromatic heterocycles. The molecule has 1 unspecified atom stereocenters. The van der Waals surface area contributed by atoms with E-state index in [-0.39, 0.29) is 17.9 Å². The topological polar surface area (TPSA) is 80.8 Å². The monoisotopic (exact) mass is 729 g/mol. The van der Waals surface area contributed by atoms with Gasteiger partial charge in [0.15, 0.2) is 23.0 Å². The predicted molar refractivity (Wildman–Crippen MR) is 204 cm³/mol. The Morgan fingerprint density at radius 2 is 1.37 bits per heavy atom. The lowest BCUT2D eigenvalue weighted by atomic mass is 9.72. The highest BCUT2D eigenvalue weighted by Crippen LogP contribution is 2.49. The van der Waals surface area contributed by atoms with Crippen LogP contribution in [0.2, 0.25) is 0 Å². The molecule has 3 aromatic rings. The van der Waals surface area contributed by atoms with Gasteiger partial charge < -0.3 is 23.8 Å². The number of methoxy groups -OCH3 is 4. The van der Waals surface area contributed by atoms with Gasteiger partial charge in [-0.15, -0.1) is 0 Å². The summed E-state index contributed by atoms with van der Waals surface area (Å²) in [7, 11) is 6.78. The first-order chi connectivity index (χ1) is 24.8. The molecule has 4 atom stereocenters. The Morgan fingerprint density at radius 3 is 1.98 bits per heavy atom. The van der Waals surface area contributed by atoms with Gasteiger partial charge in [-0.2, -0.15) is 0 Å². The molecule has 0 saturated carbocycles. The molecule has 7 rings (SSSR count). The Kier molecular flexibility index (Phi) is 10.5. The fourth-order valence-corrected chi connectivity index (χ4v) is 10.1. The van der Waals surface area contributed by atoms with Gasteiger partial charge in [0, 0.05) is 38.0 Å². The molecule has 1 saturated heterocycles. The zero-order valence-electron chi connectivity index (χ0n) is 30.1. The summed E-state index contributed by atoms with van der Waals surface area (Å²) in [6.45, 7) is 5.52. The minimum atomic E-state index is -0.231. The Morgan fingerprint density at radius 1 is 0.804 bits per heavy atom. The molecule has 2 amide bonds. The van der Waals surface area contributed by atoms with E-state index in [2.05, 4.69) is 41.0 Å². The summed E-state index contributed by atoms with van der Waals surface area (Å²) in [5, 5.41) is 0. The third-order valence-electron chi connectivity index (χ3n) is 11.5. The third kappa shape index (κ3) is 6.57. The van der Waals surface area contributed by atoms with E-state index in [9.17, 15) is 9.59 Å². The van der Waals surface area contributed by atoms with Crippen LogP contribution in [-0.2, 0) is 12.8 Å². The maximum absolute atomic E-state index is 13.0. The molecule has 4 aliphatic heterocycles. The second-order valence-corrected chi connectivity index (χ2v) is 15.6. The van der Waals surface area contributed by atoms with E-state index >= 15 is 0 Å². The van der Waals surface area contributed by atoms with Crippen LogP contribution in [0.15, 0.2) is 48.5 Å². The van der Waals surface area contributed by atoms with Crippen LogP contribution in [0.1, 0.15) is 81.2 Å². The second kappa shape index (κ2) is 15.0. The van der Waals surface area contributed by atoms with Gasteiger partial charge in [-0.1, -0.05) is 49.5 Å². The van der Waals surface area contributed by atoms with E-state index in [1.807, 2.05) is 0 Å². The number of rotatable bonds is 10. The van der Waals surface area contributed by atoms with Crippen molar-refractivity contribution in [1.82, 2.24) is 14.7 Å². The van der Waals surface area contributed by atoms with E-state index in [4.69, 9.17) is 31.2 Å². The summed E-state index contributed by atoms with van der Waals surface area (Å²) in [4.78, 5) is 32.5. The van der Waals surface area contributed by atoms with E-state index in [1.54, 1.807) is 64.5 Å². The third-order valence-corrected chi connectivity index (χ3v) is 12.9. The van der Waals surface area contributed by atoms with Crippen molar-refractivity contribution < 1.29 is 28.5 Å². The summed E-state index contributed by atoms with van der Waals surface area (Å²) in [5.74, 6) is 4.10. The number of hydrogen-bond donors (Lipinski definition) is 0. The highest BCUT2D eigenvalue weighted by atomic mass is 32.2. The molecule has 0 bridgehead atoms. The normalized spacial score (nSPS) is 22.5. The quantitative estimate of drug-likeness (QED) is 0.161. The Bertz CT molecular complexity index is 1800. The molecule has 270 valence electrons. The fraction of sp³-hybridized carbons (Fsp3) is 0.475. The minimum Gasteiger partial charge on any atom is -0.493 e. The molecular weight excluding hydrogens is 683 g/mol. The summed E-state index contributed by atoms with van der Waals surface area (Å²) >= 11 is 7.75. The molecule has 9 nitrogen and oxygen atoms in total. The van der Waals surface area contributed by atoms with Crippen molar-refractivity contribution in [2.45, 2.75) is 51.1 Å². The van der Waals surface area contributed by atoms with E-state index in [1.165, 1.54) is 27.2 Å². The summed E-state index contributed by atoms with van der Waals surface area (Å²) < 4.78 is 23.7. The number of nitrogens with zero attached hydrogens (tertiary/aromatic N) is 3. The number of carbonyl (C=O) groups is 2. The van der Waals surface area contributed by atoms with Crippen LogP contribution in [0.3, 0.4) is 0 Å². The zero-order valence-corrected chi connectivity index (χ0v) is 31.7. The number of benzene rings is 3. The predicted octanol–water partition coefficient (Wildman–Crippen LogP) is 6.97. The minimum absolute atomic E-state index is 0.0481. The van der Waals surface area contributed by atoms with Crippen molar-refractivity contribution >= 4 is 40.1 Å². The van der Waals surface area contributed by atoms with E-state index in [0.29, 0.717) is 41.3 Å². The van der Waals surface area contributed by atoms with Gasteiger partial charge in [-0.3, -0.25) is 19.4 Å². The van der Waals surface area contributed by atoms with Crippen LogP contribution in [-0.4, -0.2) is 91.2 Å². The number of hydrogen-bond acceptors (Lipinski definition) is 9. The summed E-state index contributed by atoms with van der Waals surface area (Å²) in [5.41, 5.74) is 6.14. The molecule has 4 heterocycles. The average molecular weight is 730 g/mol. The molecule has 0 aliphatic carbocycles. The average Bonchev–Trinajstić information content (AvgIpc) is 3.41. The van der Waals surface area contributed by atoms with Gasteiger partial charge in [0.1, 0.15) is 4.32 Å². The lowest BCUT2D eigenvalue weighted by Gasteiger charge is -2.49. The molecular formula is C40H47N3O6S2. The summed E-state index contributed by atoms with van der Waals surface area (Å²) in [6, 6.07) is 16.1. The van der Waals surface area contributed by atoms with Gasteiger partial charge in [-0.25, -0.2) is 0 Å². The molecule has 3 aromatic carbocycles.